The molecular weight excluding hydrogens is 346 g/mol. The third-order valence-corrected chi connectivity index (χ3v) is 5.40. The van der Waals surface area contributed by atoms with Gasteiger partial charge in [-0.3, -0.25) is 4.79 Å². The van der Waals surface area contributed by atoms with Gasteiger partial charge >= 0.3 is 0 Å². The molecule has 3 nitrogen and oxygen atoms in total. The lowest BCUT2D eigenvalue weighted by Gasteiger charge is -2.32. The Morgan fingerprint density at radius 2 is 1.81 bits per heavy atom. The fourth-order valence-corrected chi connectivity index (χ4v) is 3.75. The van der Waals surface area contributed by atoms with Gasteiger partial charge in [-0.2, -0.15) is 0 Å². The van der Waals surface area contributed by atoms with E-state index in [1.165, 1.54) is 18.2 Å². The van der Waals surface area contributed by atoms with Crippen LogP contribution >= 0.6 is 0 Å². The van der Waals surface area contributed by atoms with Crippen molar-refractivity contribution >= 4 is 5.91 Å². The molecule has 3 rings (SSSR count). The number of hydrogen-bond acceptors (Lipinski definition) is 2. The van der Waals surface area contributed by atoms with Crippen molar-refractivity contribution in [2.45, 2.75) is 26.2 Å². The molecule has 1 aliphatic rings. The maximum absolute atomic E-state index is 14.7. The third kappa shape index (κ3) is 4.53. The summed E-state index contributed by atoms with van der Waals surface area (Å²) in [6.07, 6.45) is 3.10. The lowest BCUT2D eigenvalue weighted by Crippen LogP contribution is -2.39. The second kappa shape index (κ2) is 8.61. The number of nitrogens with zero attached hydrogens (tertiary/aromatic N) is 1. The van der Waals surface area contributed by atoms with E-state index in [1.807, 2.05) is 11.9 Å². The first kappa shape index (κ1) is 19.5. The summed E-state index contributed by atoms with van der Waals surface area (Å²) >= 11 is 0. The molecule has 0 aliphatic carbocycles. The van der Waals surface area contributed by atoms with Crippen molar-refractivity contribution in [3.05, 3.63) is 59.2 Å². The van der Waals surface area contributed by atoms with Crippen LogP contribution in [-0.2, 0) is 0 Å². The summed E-state index contributed by atoms with van der Waals surface area (Å²) in [6.45, 7) is 4.17. The van der Waals surface area contributed by atoms with Gasteiger partial charge in [0.1, 0.15) is 11.6 Å². The molecule has 0 aromatic heterocycles. The Labute approximate surface area is 159 Å². The van der Waals surface area contributed by atoms with Gasteiger partial charge in [0.2, 0.25) is 0 Å². The van der Waals surface area contributed by atoms with Crippen molar-refractivity contribution in [1.29, 1.82) is 0 Å². The fraction of sp³-hybridized carbons (Fsp3) is 0.409. The molecule has 0 saturated carbocycles. The van der Waals surface area contributed by atoms with E-state index in [0.29, 0.717) is 41.3 Å². The van der Waals surface area contributed by atoms with E-state index in [-0.39, 0.29) is 11.7 Å². The molecule has 1 heterocycles. The number of nitrogens with one attached hydrogen (secondary N) is 1. The molecule has 2 aromatic carbocycles. The lowest BCUT2D eigenvalue weighted by atomic mass is 9.93. The van der Waals surface area contributed by atoms with Crippen LogP contribution in [0.15, 0.2) is 36.4 Å². The molecule has 27 heavy (non-hydrogen) atoms. The second-order valence-electron chi connectivity index (χ2n) is 7.28. The van der Waals surface area contributed by atoms with Crippen LogP contribution in [-0.4, -0.2) is 37.5 Å². The highest BCUT2D eigenvalue weighted by Crippen LogP contribution is 2.28. The van der Waals surface area contributed by atoms with Gasteiger partial charge < -0.3 is 10.2 Å². The summed E-state index contributed by atoms with van der Waals surface area (Å²) in [4.78, 5) is 14.5. The van der Waals surface area contributed by atoms with Crippen molar-refractivity contribution in [1.82, 2.24) is 10.2 Å². The van der Waals surface area contributed by atoms with Crippen LogP contribution in [0, 0.1) is 24.5 Å². The zero-order valence-electron chi connectivity index (χ0n) is 15.9. The first-order chi connectivity index (χ1) is 13.0. The smallest absolute Gasteiger partial charge is 0.253 e. The summed E-state index contributed by atoms with van der Waals surface area (Å²) in [6, 6.07) is 8.85. The number of benzene rings is 2. The molecule has 2 aromatic rings. The highest BCUT2D eigenvalue weighted by molar-refractivity contribution is 5.95. The van der Waals surface area contributed by atoms with Gasteiger partial charge in [-0.1, -0.05) is 12.1 Å². The Kier molecular flexibility index (Phi) is 6.22. The standard InChI is InChI=1S/C22H26F2N2O/c1-15-13-18(23)4-6-19(15)20-5-3-17(14-21(20)24)22(27)26-11-8-16(9-12-26)7-10-25-2/h3-6,13-14,16,25H,7-12H2,1-2H3. The van der Waals surface area contributed by atoms with E-state index in [1.54, 1.807) is 25.1 Å². The molecule has 1 saturated heterocycles. The molecule has 0 spiro atoms. The number of piperidine rings is 1. The van der Waals surface area contributed by atoms with E-state index < -0.39 is 5.82 Å². The minimum atomic E-state index is -0.459. The molecule has 0 radical (unpaired) electrons. The van der Waals surface area contributed by atoms with E-state index in [9.17, 15) is 13.6 Å². The molecule has 1 N–H and O–H groups in total. The SMILES string of the molecule is CNCCC1CCN(C(=O)c2ccc(-c3ccc(F)cc3C)c(F)c2)CC1. The Bertz CT molecular complexity index is 814. The van der Waals surface area contributed by atoms with Gasteiger partial charge in [0, 0.05) is 24.2 Å². The third-order valence-electron chi connectivity index (χ3n) is 5.40. The van der Waals surface area contributed by atoms with Crippen LogP contribution in [0.2, 0.25) is 0 Å². The Morgan fingerprint density at radius 1 is 1.11 bits per heavy atom. The van der Waals surface area contributed by atoms with Crippen LogP contribution in [0.1, 0.15) is 35.2 Å². The topological polar surface area (TPSA) is 32.3 Å². The van der Waals surface area contributed by atoms with Gasteiger partial charge in [-0.15, -0.1) is 0 Å². The van der Waals surface area contributed by atoms with Crippen molar-refractivity contribution in [2.24, 2.45) is 5.92 Å². The summed E-state index contributed by atoms with van der Waals surface area (Å²) in [5.74, 6) is -0.286. The maximum atomic E-state index is 14.7. The second-order valence-corrected chi connectivity index (χ2v) is 7.28. The number of amides is 1. The van der Waals surface area contributed by atoms with E-state index in [2.05, 4.69) is 5.32 Å². The van der Waals surface area contributed by atoms with Crippen LogP contribution < -0.4 is 5.32 Å². The number of carbonyl (C=O) groups is 1. The van der Waals surface area contributed by atoms with Gasteiger partial charge in [0.25, 0.3) is 5.91 Å². The number of rotatable bonds is 5. The number of likely N-dealkylation sites (tertiary alicyclic amines) is 1. The first-order valence-corrected chi connectivity index (χ1v) is 9.49. The van der Waals surface area contributed by atoms with Crippen LogP contribution in [0.5, 0.6) is 0 Å². The highest BCUT2D eigenvalue weighted by atomic mass is 19.1. The van der Waals surface area contributed by atoms with Crippen molar-refractivity contribution in [3.8, 4) is 11.1 Å². The molecule has 144 valence electrons. The molecule has 0 unspecified atom stereocenters. The lowest BCUT2D eigenvalue weighted by molar-refractivity contribution is 0.0686. The first-order valence-electron chi connectivity index (χ1n) is 9.49. The van der Waals surface area contributed by atoms with Gasteiger partial charge in [-0.05, 0) is 81.1 Å². The largest absolute Gasteiger partial charge is 0.339 e. The van der Waals surface area contributed by atoms with Crippen LogP contribution in [0.4, 0.5) is 8.78 Å². The van der Waals surface area contributed by atoms with Gasteiger partial charge in [0.15, 0.2) is 0 Å². The summed E-state index contributed by atoms with van der Waals surface area (Å²) in [7, 11) is 1.95. The van der Waals surface area contributed by atoms with E-state index >= 15 is 0 Å². The van der Waals surface area contributed by atoms with Crippen LogP contribution in [0.25, 0.3) is 11.1 Å². The van der Waals surface area contributed by atoms with Gasteiger partial charge in [0.05, 0.1) is 0 Å². The predicted molar refractivity (Wildman–Crippen MR) is 104 cm³/mol. The molecule has 5 heteroatoms. The zero-order chi connectivity index (χ0) is 19.4. The summed E-state index contributed by atoms with van der Waals surface area (Å²) in [5, 5.41) is 3.16. The average molecular weight is 372 g/mol. The summed E-state index contributed by atoms with van der Waals surface area (Å²) in [5.41, 5.74) is 2.05. The predicted octanol–water partition coefficient (Wildman–Crippen LogP) is 4.40. The highest BCUT2D eigenvalue weighted by Gasteiger charge is 2.24. The quantitative estimate of drug-likeness (QED) is 0.844. The average Bonchev–Trinajstić information content (AvgIpc) is 2.67. The van der Waals surface area contributed by atoms with Crippen LogP contribution in [0.3, 0.4) is 0 Å². The minimum Gasteiger partial charge on any atom is -0.339 e. The number of hydrogen-bond donors (Lipinski definition) is 1. The Balaban J connectivity index is 1.71. The molecule has 1 aliphatic heterocycles. The summed E-state index contributed by atoms with van der Waals surface area (Å²) < 4.78 is 28.0. The molecule has 1 fully saturated rings. The molecule has 0 atom stereocenters. The number of aryl methyl sites for hydroxylation is 1. The monoisotopic (exact) mass is 372 g/mol. The number of carbonyl (C=O) groups excluding carboxylic acids is 1. The van der Waals surface area contributed by atoms with Crippen molar-refractivity contribution < 1.29 is 13.6 Å². The van der Waals surface area contributed by atoms with E-state index in [0.717, 1.165) is 25.8 Å². The fourth-order valence-electron chi connectivity index (χ4n) is 3.75. The number of halogens is 2. The Morgan fingerprint density at radius 3 is 2.44 bits per heavy atom. The minimum absolute atomic E-state index is 0.122. The molecule has 0 bridgehead atoms. The van der Waals surface area contributed by atoms with Gasteiger partial charge in [-0.25, -0.2) is 8.78 Å². The maximum Gasteiger partial charge on any atom is 0.253 e. The Hall–Kier alpha value is -2.27. The van der Waals surface area contributed by atoms with Crippen molar-refractivity contribution in [2.75, 3.05) is 26.7 Å². The van der Waals surface area contributed by atoms with E-state index in [4.69, 9.17) is 0 Å². The molecular formula is C22H26F2N2O. The normalized spacial score (nSPS) is 15.2. The molecule has 1 amide bonds. The van der Waals surface area contributed by atoms with Crippen molar-refractivity contribution in [3.63, 3.8) is 0 Å². The zero-order valence-corrected chi connectivity index (χ0v) is 15.9.